The maximum Gasteiger partial charge on any atom is 0.257 e. The molecule has 1 aromatic heterocycles. The Labute approximate surface area is 169 Å². The monoisotopic (exact) mass is 392 g/mol. The molecule has 3 aromatic rings. The molecule has 2 N–H and O–H groups in total. The average Bonchev–Trinajstić information content (AvgIpc) is 3.06. The second-order valence-electron chi connectivity index (χ2n) is 6.61. The first-order valence-electron chi connectivity index (χ1n) is 9.41. The van der Waals surface area contributed by atoms with Gasteiger partial charge in [0.15, 0.2) is 6.61 Å². The molecule has 2 amide bonds. The zero-order valence-corrected chi connectivity index (χ0v) is 16.7. The second-order valence-corrected chi connectivity index (χ2v) is 6.61. The second kappa shape index (κ2) is 9.05. The Kier molecular flexibility index (Phi) is 6.29. The van der Waals surface area contributed by atoms with Gasteiger partial charge in [-0.3, -0.25) is 9.59 Å². The Morgan fingerprint density at radius 2 is 1.72 bits per heavy atom. The molecule has 0 fully saturated rings. The molecule has 7 heteroatoms. The third kappa shape index (κ3) is 5.22. The van der Waals surface area contributed by atoms with Gasteiger partial charge in [0, 0.05) is 23.5 Å². The van der Waals surface area contributed by atoms with E-state index in [-0.39, 0.29) is 18.4 Å². The lowest BCUT2D eigenvalue weighted by atomic mass is 10.2. The first kappa shape index (κ1) is 20.1. The van der Waals surface area contributed by atoms with Gasteiger partial charge >= 0.3 is 0 Å². The van der Waals surface area contributed by atoms with Crippen LogP contribution in [0.25, 0.3) is 5.69 Å². The molecule has 3 rings (SSSR count). The normalized spacial score (nSPS) is 10.4. The standard InChI is InChI=1S/C22H24N4O3/c1-4-23-21(27)14-29-20-11-7-18(8-12-20)24-22(28)17-5-9-19(10-6-17)26-16(3)13-15(2)25-26/h5-13H,4,14H2,1-3H3,(H,23,27)(H,24,28). The summed E-state index contributed by atoms with van der Waals surface area (Å²) in [5.74, 6) is 0.179. The van der Waals surface area contributed by atoms with Gasteiger partial charge in [-0.15, -0.1) is 0 Å². The van der Waals surface area contributed by atoms with Crippen LogP contribution >= 0.6 is 0 Å². The van der Waals surface area contributed by atoms with Crippen LogP contribution in [0.15, 0.2) is 54.6 Å². The van der Waals surface area contributed by atoms with Gasteiger partial charge < -0.3 is 15.4 Å². The first-order valence-corrected chi connectivity index (χ1v) is 9.41. The Bertz CT molecular complexity index is 992. The summed E-state index contributed by atoms with van der Waals surface area (Å²) in [6, 6.07) is 16.2. The van der Waals surface area contributed by atoms with Gasteiger partial charge in [0.25, 0.3) is 11.8 Å². The molecule has 0 bridgehead atoms. The van der Waals surface area contributed by atoms with E-state index in [1.807, 2.05) is 43.7 Å². The molecule has 0 radical (unpaired) electrons. The number of hydrogen-bond acceptors (Lipinski definition) is 4. The maximum atomic E-state index is 12.5. The predicted molar refractivity (Wildman–Crippen MR) is 112 cm³/mol. The van der Waals surface area contributed by atoms with Crippen molar-refractivity contribution in [2.45, 2.75) is 20.8 Å². The fraction of sp³-hybridized carbons (Fsp3) is 0.227. The van der Waals surface area contributed by atoms with Gasteiger partial charge in [0.1, 0.15) is 5.75 Å². The first-order chi connectivity index (χ1) is 14.0. The summed E-state index contributed by atoms with van der Waals surface area (Å²) < 4.78 is 7.24. The van der Waals surface area contributed by atoms with Gasteiger partial charge in [0.05, 0.1) is 11.4 Å². The highest BCUT2D eigenvalue weighted by molar-refractivity contribution is 6.04. The molecule has 150 valence electrons. The van der Waals surface area contributed by atoms with Crippen molar-refractivity contribution in [1.82, 2.24) is 15.1 Å². The Morgan fingerprint density at radius 1 is 1.03 bits per heavy atom. The van der Waals surface area contributed by atoms with Crippen LogP contribution < -0.4 is 15.4 Å². The molecule has 0 unspecified atom stereocenters. The minimum atomic E-state index is -0.207. The van der Waals surface area contributed by atoms with Gasteiger partial charge in [-0.05, 0) is 75.4 Å². The van der Waals surface area contributed by atoms with Crippen LogP contribution in [0.3, 0.4) is 0 Å². The molecule has 0 aliphatic carbocycles. The summed E-state index contributed by atoms with van der Waals surface area (Å²) in [7, 11) is 0. The number of likely N-dealkylation sites (N-methyl/N-ethyl adjacent to an activating group) is 1. The zero-order valence-electron chi connectivity index (χ0n) is 16.7. The molecular formula is C22H24N4O3. The summed E-state index contributed by atoms with van der Waals surface area (Å²) in [5.41, 5.74) is 4.08. The largest absolute Gasteiger partial charge is 0.484 e. The van der Waals surface area contributed by atoms with E-state index in [0.717, 1.165) is 17.1 Å². The van der Waals surface area contributed by atoms with Crippen LogP contribution in [-0.2, 0) is 4.79 Å². The highest BCUT2D eigenvalue weighted by atomic mass is 16.5. The van der Waals surface area contributed by atoms with E-state index in [1.54, 1.807) is 36.4 Å². The smallest absolute Gasteiger partial charge is 0.257 e. The number of aryl methyl sites for hydroxylation is 2. The molecule has 0 saturated carbocycles. The van der Waals surface area contributed by atoms with Crippen LogP contribution in [0.1, 0.15) is 28.7 Å². The number of aromatic nitrogens is 2. The average molecular weight is 392 g/mol. The summed E-state index contributed by atoms with van der Waals surface area (Å²) in [6.07, 6.45) is 0. The predicted octanol–water partition coefficient (Wildman–Crippen LogP) is 3.26. The summed E-state index contributed by atoms with van der Waals surface area (Å²) >= 11 is 0. The van der Waals surface area contributed by atoms with Crippen molar-refractivity contribution in [2.24, 2.45) is 0 Å². The Balaban J connectivity index is 1.60. The fourth-order valence-corrected chi connectivity index (χ4v) is 2.88. The summed E-state index contributed by atoms with van der Waals surface area (Å²) in [6.45, 7) is 6.31. The zero-order chi connectivity index (χ0) is 20.8. The van der Waals surface area contributed by atoms with Crippen molar-refractivity contribution >= 4 is 17.5 Å². The van der Waals surface area contributed by atoms with Crippen LogP contribution in [-0.4, -0.2) is 34.7 Å². The number of hydrogen-bond donors (Lipinski definition) is 2. The fourth-order valence-electron chi connectivity index (χ4n) is 2.88. The number of ether oxygens (including phenoxy) is 1. The molecule has 0 spiro atoms. The van der Waals surface area contributed by atoms with E-state index >= 15 is 0 Å². The lowest BCUT2D eigenvalue weighted by Gasteiger charge is -2.09. The third-order valence-electron chi connectivity index (χ3n) is 4.24. The van der Waals surface area contributed by atoms with E-state index in [2.05, 4.69) is 15.7 Å². The van der Waals surface area contributed by atoms with Crippen LogP contribution in [0.4, 0.5) is 5.69 Å². The highest BCUT2D eigenvalue weighted by Gasteiger charge is 2.09. The van der Waals surface area contributed by atoms with E-state index in [1.165, 1.54) is 0 Å². The van der Waals surface area contributed by atoms with Crippen molar-refractivity contribution in [1.29, 1.82) is 0 Å². The Hall–Kier alpha value is -3.61. The molecule has 7 nitrogen and oxygen atoms in total. The van der Waals surface area contributed by atoms with Crippen LogP contribution in [0, 0.1) is 13.8 Å². The molecule has 0 saturated heterocycles. The minimum Gasteiger partial charge on any atom is -0.484 e. The lowest BCUT2D eigenvalue weighted by molar-refractivity contribution is -0.122. The molecule has 0 atom stereocenters. The lowest BCUT2D eigenvalue weighted by Crippen LogP contribution is -2.28. The number of carbonyl (C=O) groups excluding carboxylic acids is 2. The van der Waals surface area contributed by atoms with Crippen LogP contribution in [0.5, 0.6) is 5.75 Å². The molecule has 2 aromatic carbocycles. The molecular weight excluding hydrogens is 368 g/mol. The van der Waals surface area contributed by atoms with Crippen molar-refractivity contribution in [2.75, 3.05) is 18.5 Å². The van der Waals surface area contributed by atoms with Gasteiger partial charge in [0.2, 0.25) is 0 Å². The minimum absolute atomic E-state index is 0.0405. The third-order valence-corrected chi connectivity index (χ3v) is 4.24. The molecule has 0 aliphatic rings. The Morgan fingerprint density at radius 3 is 2.31 bits per heavy atom. The van der Waals surface area contributed by atoms with E-state index in [0.29, 0.717) is 23.5 Å². The SMILES string of the molecule is CCNC(=O)COc1ccc(NC(=O)c2ccc(-n3nc(C)cc3C)cc2)cc1. The van der Waals surface area contributed by atoms with E-state index in [4.69, 9.17) is 4.74 Å². The molecule has 1 heterocycles. The van der Waals surface area contributed by atoms with Gasteiger partial charge in [-0.25, -0.2) is 4.68 Å². The van der Waals surface area contributed by atoms with Crippen molar-refractivity contribution < 1.29 is 14.3 Å². The number of benzene rings is 2. The number of carbonyl (C=O) groups is 2. The number of anilines is 1. The number of nitrogens with one attached hydrogen (secondary N) is 2. The van der Waals surface area contributed by atoms with Crippen LogP contribution in [0.2, 0.25) is 0 Å². The summed E-state index contributed by atoms with van der Waals surface area (Å²) in [5, 5.41) is 9.96. The number of amides is 2. The van der Waals surface area contributed by atoms with Crippen molar-refractivity contribution in [3.63, 3.8) is 0 Å². The maximum absolute atomic E-state index is 12.5. The summed E-state index contributed by atoms with van der Waals surface area (Å²) in [4.78, 5) is 23.9. The number of rotatable bonds is 7. The van der Waals surface area contributed by atoms with Gasteiger partial charge in [-0.2, -0.15) is 5.10 Å². The van der Waals surface area contributed by atoms with Crippen molar-refractivity contribution in [3.8, 4) is 11.4 Å². The van der Waals surface area contributed by atoms with Crippen molar-refractivity contribution in [3.05, 3.63) is 71.5 Å². The molecule has 0 aliphatic heterocycles. The topological polar surface area (TPSA) is 85.3 Å². The van der Waals surface area contributed by atoms with Gasteiger partial charge in [-0.1, -0.05) is 0 Å². The van der Waals surface area contributed by atoms with E-state index in [9.17, 15) is 9.59 Å². The quantitative estimate of drug-likeness (QED) is 0.646. The van der Waals surface area contributed by atoms with E-state index < -0.39 is 0 Å². The molecule has 29 heavy (non-hydrogen) atoms. The number of nitrogens with zero attached hydrogens (tertiary/aromatic N) is 2. The highest BCUT2D eigenvalue weighted by Crippen LogP contribution is 2.18.